The SMILES string of the molecule is Cc1ccc(NC(=O)/C(C#N)=C/c2ccc(OCc3c(C)ccc4ccccc34)c(Cl)c2)cc1Cl. The summed E-state index contributed by atoms with van der Waals surface area (Å²) in [6.07, 6.45) is 1.48. The molecule has 174 valence electrons. The van der Waals surface area contributed by atoms with Crippen LogP contribution in [0.25, 0.3) is 16.8 Å². The van der Waals surface area contributed by atoms with E-state index in [9.17, 15) is 10.1 Å². The van der Waals surface area contributed by atoms with Crippen LogP contribution >= 0.6 is 23.2 Å². The largest absolute Gasteiger partial charge is 0.487 e. The summed E-state index contributed by atoms with van der Waals surface area (Å²) >= 11 is 12.6. The molecule has 35 heavy (non-hydrogen) atoms. The van der Waals surface area contributed by atoms with Gasteiger partial charge in [-0.25, -0.2) is 0 Å². The number of carbonyl (C=O) groups is 1. The number of anilines is 1. The second-order valence-electron chi connectivity index (χ2n) is 8.15. The zero-order valence-electron chi connectivity index (χ0n) is 19.2. The molecule has 0 radical (unpaired) electrons. The van der Waals surface area contributed by atoms with E-state index in [2.05, 4.69) is 36.5 Å². The van der Waals surface area contributed by atoms with Crippen LogP contribution in [0.5, 0.6) is 5.75 Å². The Morgan fingerprint density at radius 2 is 1.74 bits per heavy atom. The molecule has 0 aromatic heterocycles. The Balaban J connectivity index is 1.50. The lowest BCUT2D eigenvalue weighted by atomic mass is 10.0. The van der Waals surface area contributed by atoms with E-state index in [1.165, 1.54) is 6.08 Å². The molecule has 0 unspecified atom stereocenters. The molecule has 0 aliphatic carbocycles. The van der Waals surface area contributed by atoms with Gasteiger partial charge in [0.1, 0.15) is 24.0 Å². The number of hydrogen-bond acceptors (Lipinski definition) is 3. The van der Waals surface area contributed by atoms with Crippen LogP contribution in [-0.2, 0) is 11.4 Å². The molecular formula is C29H22Cl2N2O2. The summed E-state index contributed by atoms with van der Waals surface area (Å²) in [7, 11) is 0. The molecule has 4 aromatic carbocycles. The van der Waals surface area contributed by atoms with Crippen molar-refractivity contribution in [3.05, 3.63) is 111 Å². The van der Waals surface area contributed by atoms with Crippen LogP contribution in [0.3, 0.4) is 0 Å². The van der Waals surface area contributed by atoms with Gasteiger partial charge in [0.25, 0.3) is 5.91 Å². The standard InChI is InChI=1S/C29H22Cl2N2O2/c1-18-7-10-21-5-3-4-6-24(21)25(18)17-35-28-12-9-20(14-27(28)31)13-22(16-32)29(34)33-23-11-8-19(2)26(30)15-23/h3-15H,17H2,1-2H3,(H,33,34)/b22-13+. The van der Waals surface area contributed by atoms with Crippen LogP contribution < -0.4 is 10.1 Å². The number of nitrogens with one attached hydrogen (secondary N) is 1. The number of carbonyl (C=O) groups excluding carboxylic acids is 1. The van der Waals surface area contributed by atoms with E-state index in [1.807, 2.05) is 25.1 Å². The molecule has 4 nitrogen and oxygen atoms in total. The first-order valence-corrected chi connectivity index (χ1v) is 11.7. The Kier molecular flexibility index (Phi) is 7.41. The number of benzene rings is 4. The molecule has 0 heterocycles. The number of halogens is 2. The fraction of sp³-hybridized carbons (Fsp3) is 0.103. The molecule has 0 spiro atoms. The third-order valence-corrected chi connectivity index (χ3v) is 6.41. The second kappa shape index (κ2) is 10.7. The smallest absolute Gasteiger partial charge is 0.266 e. The van der Waals surface area contributed by atoms with Crippen molar-refractivity contribution in [2.75, 3.05) is 5.32 Å². The number of rotatable bonds is 6. The lowest BCUT2D eigenvalue weighted by molar-refractivity contribution is -0.112. The van der Waals surface area contributed by atoms with Crippen molar-refractivity contribution in [1.82, 2.24) is 0 Å². The van der Waals surface area contributed by atoms with Gasteiger partial charge >= 0.3 is 0 Å². The molecule has 0 saturated carbocycles. The van der Waals surface area contributed by atoms with Crippen LogP contribution in [0.1, 0.15) is 22.3 Å². The van der Waals surface area contributed by atoms with E-state index in [1.54, 1.807) is 36.4 Å². The number of fused-ring (bicyclic) bond motifs is 1. The number of amides is 1. The molecule has 4 aromatic rings. The van der Waals surface area contributed by atoms with Crippen LogP contribution in [0.2, 0.25) is 10.0 Å². The maximum absolute atomic E-state index is 12.6. The molecule has 0 aliphatic heterocycles. The van der Waals surface area contributed by atoms with Gasteiger partial charge in [-0.1, -0.05) is 71.7 Å². The summed E-state index contributed by atoms with van der Waals surface area (Å²) in [6.45, 7) is 4.29. The Labute approximate surface area is 214 Å². The molecule has 6 heteroatoms. The molecule has 1 N–H and O–H groups in total. The Hall–Kier alpha value is -3.78. The highest BCUT2D eigenvalue weighted by molar-refractivity contribution is 6.32. The van der Waals surface area contributed by atoms with E-state index >= 15 is 0 Å². The molecule has 0 bridgehead atoms. The average Bonchev–Trinajstić information content (AvgIpc) is 2.85. The fourth-order valence-corrected chi connectivity index (χ4v) is 4.12. The third-order valence-electron chi connectivity index (χ3n) is 5.71. The molecule has 0 saturated heterocycles. The van der Waals surface area contributed by atoms with Crippen LogP contribution in [-0.4, -0.2) is 5.91 Å². The summed E-state index contributed by atoms with van der Waals surface area (Å²) in [6, 6.07) is 24.6. The van der Waals surface area contributed by atoms with E-state index in [0.29, 0.717) is 33.7 Å². The van der Waals surface area contributed by atoms with Gasteiger partial charge in [-0.05, 0) is 71.7 Å². The monoisotopic (exact) mass is 500 g/mol. The molecule has 0 atom stereocenters. The predicted molar refractivity (Wildman–Crippen MR) is 143 cm³/mol. The highest BCUT2D eigenvalue weighted by atomic mass is 35.5. The summed E-state index contributed by atoms with van der Waals surface area (Å²) in [4.78, 5) is 12.6. The van der Waals surface area contributed by atoms with Crippen molar-refractivity contribution in [2.24, 2.45) is 0 Å². The Morgan fingerprint density at radius 1 is 0.971 bits per heavy atom. The van der Waals surface area contributed by atoms with Gasteiger partial charge in [-0.3, -0.25) is 4.79 Å². The summed E-state index contributed by atoms with van der Waals surface area (Å²) in [5.41, 5.74) is 4.20. The fourth-order valence-electron chi connectivity index (χ4n) is 3.69. The third kappa shape index (κ3) is 5.66. The van der Waals surface area contributed by atoms with Crippen molar-refractivity contribution >= 4 is 51.6 Å². The summed E-state index contributed by atoms with van der Waals surface area (Å²) in [5, 5.41) is 15.4. The topological polar surface area (TPSA) is 62.1 Å². The maximum atomic E-state index is 12.6. The Morgan fingerprint density at radius 3 is 2.49 bits per heavy atom. The highest BCUT2D eigenvalue weighted by Gasteiger charge is 2.12. The number of nitriles is 1. The minimum atomic E-state index is -0.532. The van der Waals surface area contributed by atoms with Gasteiger partial charge in [-0.15, -0.1) is 0 Å². The first-order chi connectivity index (χ1) is 16.9. The molecule has 4 rings (SSSR count). The van der Waals surface area contributed by atoms with Gasteiger partial charge in [-0.2, -0.15) is 5.26 Å². The minimum Gasteiger partial charge on any atom is -0.487 e. The van der Waals surface area contributed by atoms with Crippen LogP contribution in [0, 0.1) is 25.2 Å². The van der Waals surface area contributed by atoms with E-state index in [0.717, 1.165) is 27.5 Å². The van der Waals surface area contributed by atoms with Crippen molar-refractivity contribution < 1.29 is 9.53 Å². The van der Waals surface area contributed by atoms with E-state index in [-0.39, 0.29) is 5.57 Å². The Bertz CT molecular complexity index is 1500. The van der Waals surface area contributed by atoms with Crippen LogP contribution in [0.4, 0.5) is 5.69 Å². The van der Waals surface area contributed by atoms with Crippen molar-refractivity contribution in [3.63, 3.8) is 0 Å². The number of hydrogen-bond donors (Lipinski definition) is 1. The first-order valence-electron chi connectivity index (χ1n) is 10.9. The first kappa shape index (κ1) is 24.3. The minimum absolute atomic E-state index is 0.0576. The van der Waals surface area contributed by atoms with Gasteiger partial charge in [0.15, 0.2) is 0 Å². The number of nitrogens with zero attached hydrogens (tertiary/aromatic N) is 1. The molecule has 0 fully saturated rings. The summed E-state index contributed by atoms with van der Waals surface area (Å²) in [5.74, 6) is -0.0105. The van der Waals surface area contributed by atoms with Gasteiger partial charge in [0.2, 0.25) is 0 Å². The highest BCUT2D eigenvalue weighted by Crippen LogP contribution is 2.29. The lowest BCUT2D eigenvalue weighted by Gasteiger charge is -2.13. The van der Waals surface area contributed by atoms with E-state index < -0.39 is 5.91 Å². The maximum Gasteiger partial charge on any atom is 0.266 e. The second-order valence-corrected chi connectivity index (χ2v) is 8.96. The molecular weight excluding hydrogens is 479 g/mol. The predicted octanol–water partition coefficient (Wildman–Crippen LogP) is 7.89. The zero-order valence-corrected chi connectivity index (χ0v) is 20.7. The van der Waals surface area contributed by atoms with Gasteiger partial charge in [0.05, 0.1) is 5.02 Å². The van der Waals surface area contributed by atoms with Crippen LogP contribution in [0.15, 0.2) is 78.4 Å². The van der Waals surface area contributed by atoms with Crippen molar-refractivity contribution in [1.29, 1.82) is 5.26 Å². The lowest BCUT2D eigenvalue weighted by Crippen LogP contribution is -2.13. The van der Waals surface area contributed by atoms with Crippen molar-refractivity contribution in [3.8, 4) is 11.8 Å². The molecule has 1 amide bonds. The summed E-state index contributed by atoms with van der Waals surface area (Å²) < 4.78 is 6.04. The van der Waals surface area contributed by atoms with Gasteiger partial charge in [0, 0.05) is 16.3 Å². The molecule has 0 aliphatic rings. The average molecular weight is 501 g/mol. The quantitative estimate of drug-likeness (QED) is 0.216. The van der Waals surface area contributed by atoms with Crippen molar-refractivity contribution in [2.45, 2.75) is 20.5 Å². The van der Waals surface area contributed by atoms with Gasteiger partial charge < -0.3 is 10.1 Å². The number of ether oxygens (including phenoxy) is 1. The number of aryl methyl sites for hydroxylation is 2. The normalized spacial score (nSPS) is 11.2. The van der Waals surface area contributed by atoms with E-state index in [4.69, 9.17) is 27.9 Å². The zero-order chi connectivity index (χ0) is 24.9.